The van der Waals surface area contributed by atoms with E-state index in [9.17, 15) is 4.79 Å². The Bertz CT molecular complexity index is 220. The van der Waals surface area contributed by atoms with Crippen LogP contribution in [0.4, 0.5) is 0 Å². The number of carboxylic acid groups (broad SMARTS) is 1. The van der Waals surface area contributed by atoms with E-state index in [0.717, 1.165) is 0 Å². The van der Waals surface area contributed by atoms with Crippen LogP contribution in [0.2, 0.25) is 0 Å². The first-order valence-corrected chi connectivity index (χ1v) is 4.14. The van der Waals surface area contributed by atoms with Crippen LogP contribution in [-0.2, 0) is 9.53 Å². The van der Waals surface area contributed by atoms with E-state index in [4.69, 9.17) is 15.6 Å². The van der Waals surface area contributed by atoms with Gasteiger partial charge in [-0.1, -0.05) is 0 Å². The molecule has 0 aromatic rings. The summed E-state index contributed by atoms with van der Waals surface area (Å²) in [4.78, 5) is 10.9. The zero-order valence-corrected chi connectivity index (χ0v) is 6.88. The Morgan fingerprint density at radius 2 is 2.17 bits per heavy atom. The minimum absolute atomic E-state index is 0.0172. The predicted molar refractivity (Wildman–Crippen MR) is 41.6 cm³/mol. The fourth-order valence-electron chi connectivity index (χ4n) is 2.47. The molecule has 0 atom stereocenters. The van der Waals surface area contributed by atoms with Crippen molar-refractivity contribution in [2.75, 3.05) is 19.8 Å². The van der Waals surface area contributed by atoms with Crippen molar-refractivity contribution in [2.45, 2.75) is 12.8 Å². The Morgan fingerprint density at radius 1 is 1.50 bits per heavy atom. The summed E-state index contributed by atoms with van der Waals surface area (Å²) in [7, 11) is 0. The predicted octanol–water partition coefficient (Wildman–Crippen LogP) is -0.174. The van der Waals surface area contributed by atoms with Crippen LogP contribution >= 0.6 is 0 Å². The lowest BCUT2D eigenvalue weighted by atomic mass is 9.51. The van der Waals surface area contributed by atoms with E-state index in [0.29, 0.717) is 32.6 Å². The van der Waals surface area contributed by atoms with Crippen molar-refractivity contribution >= 4 is 5.97 Å². The molecule has 3 rings (SSSR count). The van der Waals surface area contributed by atoms with Crippen molar-refractivity contribution in [2.24, 2.45) is 16.6 Å². The van der Waals surface area contributed by atoms with Gasteiger partial charge in [-0.25, -0.2) is 0 Å². The molecule has 0 spiro atoms. The minimum Gasteiger partial charge on any atom is -0.481 e. The number of nitrogens with two attached hydrogens (primary N) is 1. The number of hydrogen-bond donors (Lipinski definition) is 2. The Balaban J connectivity index is 2.13. The van der Waals surface area contributed by atoms with Gasteiger partial charge < -0.3 is 15.6 Å². The average molecular weight is 171 g/mol. The lowest BCUT2D eigenvalue weighted by molar-refractivity contribution is -0.209. The molecule has 0 aromatic heterocycles. The molecular weight excluding hydrogens is 158 g/mol. The number of aliphatic carboxylic acids is 1. The van der Waals surface area contributed by atoms with Gasteiger partial charge in [-0.3, -0.25) is 4.79 Å². The third kappa shape index (κ3) is 0.820. The summed E-state index contributed by atoms with van der Waals surface area (Å²) in [5.41, 5.74) is 4.94. The fraction of sp³-hybridized carbons (Fsp3) is 0.875. The molecule has 3 N–H and O–H groups in total. The van der Waals surface area contributed by atoms with Crippen molar-refractivity contribution in [1.82, 2.24) is 0 Å². The maximum Gasteiger partial charge on any atom is 0.312 e. The monoisotopic (exact) mass is 171 g/mol. The number of fused-ring (bicyclic) bond motifs is 2. The maximum atomic E-state index is 10.9. The van der Waals surface area contributed by atoms with Crippen LogP contribution in [0.25, 0.3) is 0 Å². The van der Waals surface area contributed by atoms with Crippen molar-refractivity contribution in [3.63, 3.8) is 0 Å². The molecule has 68 valence electrons. The highest BCUT2D eigenvalue weighted by atomic mass is 16.5. The molecule has 3 fully saturated rings. The van der Waals surface area contributed by atoms with Gasteiger partial charge in [0, 0.05) is 12.0 Å². The van der Waals surface area contributed by atoms with E-state index in [-0.39, 0.29) is 5.41 Å². The highest BCUT2D eigenvalue weighted by Gasteiger charge is 2.61. The summed E-state index contributed by atoms with van der Waals surface area (Å²) in [5, 5.41) is 8.92. The van der Waals surface area contributed by atoms with E-state index in [2.05, 4.69) is 0 Å². The molecule has 2 aliphatic heterocycles. The van der Waals surface area contributed by atoms with Gasteiger partial charge >= 0.3 is 5.97 Å². The zero-order chi connectivity index (χ0) is 8.82. The van der Waals surface area contributed by atoms with E-state index in [1.807, 2.05) is 0 Å². The zero-order valence-electron chi connectivity index (χ0n) is 6.88. The molecule has 4 heteroatoms. The molecule has 2 bridgehead atoms. The molecule has 1 saturated carbocycles. The molecule has 0 aromatic carbocycles. The third-order valence-electron chi connectivity index (χ3n) is 3.10. The first-order valence-electron chi connectivity index (χ1n) is 4.14. The van der Waals surface area contributed by atoms with Crippen LogP contribution in [0.5, 0.6) is 0 Å². The standard InChI is InChI=1S/C8H13NO3/c9-3-7-1-8(2-7,6(10)11)5-12-4-7/h1-5,9H2,(H,10,11). The van der Waals surface area contributed by atoms with Gasteiger partial charge in [-0.2, -0.15) is 0 Å². The maximum absolute atomic E-state index is 10.9. The van der Waals surface area contributed by atoms with Crippen LogP contribution in [-0.4, -0.2) is 30.8 Å². The smallest absolute Gasteiger partial charge is 0.312 e. The second kappa shape index (κ2) is 2.20. The number of rotatable bonds is 2. The number of hydrogen-bond acceptors (Lipinski definition) is 3. The molecule has 2 saturated heterocycles. The molecule has 0 unspecified atom stereocenters. The van der Waals surface area contributed by atoms with Crippen molar-refractivity contribution in [3.8, 4) is 0 Å². The van der Waals surface area contributed by atoms with E-state index in [1.54, 1.807) is 0 Å². The van der Waals surface area contributed by atoms with Gasteiger partial charge in [0.2, 0.25) is 0 Å². The summed E-state index contributed by atoms with van der Waals surface area (Å²) in [6.07, 6.45) is 1.40. The fourth-order valence-corrected chi connectivity index (χ4v) is 2.47. The van der Waals surface area contributed by atoms with Crippen LogP contribution in [0.3, 0.4) is 0 Å². The van der Waals surface area contributed by atoms with Gasteiger partial charge in [0.05, 0.1) is 18.6 Å². The molecule has 0 amide bonds. The summed E-state index contributed by atoms with van der Waals surface area (Å²) >= 11 is 0. The lowest BCUT2D eigenvalue weighted by Gasteiger charge is -2.57. The number of ether oxygens (including phenoxy) is 1. The summed E-state index contributed by atoms with van der Waals surface area (Å²) < 4.78 is 5.23. The summed E-state index contributed by atoms with van der Waals surface area (Å²) in [6.45, 7) is 1.55. The summed E-state index contributed by atoms with van der Waals surface area (Å²) in [6, 6.07) is 0. The highest BCUT2D eigenvalue weighted by Crippen LogP contribution is 2.57. The van der Waals surface area contributed by atoms with Gasteiger partial charge in [-0.15, -0.1) is 0 Å². The first-order chi connectivity index (χ1) is 5.63. The average Bonchev–Trinajstić information content (AvgIpc) is 2.03. The van der Waals surface area contributed by atoms with Crippen molar-refractivity contribution < 1.29 is 14.6 Å². The van der Waals surface area contributed by atoms with Crippen LogP contribution < -0.4 is 5.73 Å². The highest BCUT2D eigenvalue weighted by molar-refractivity contribution is 5.76. The van der Waals surface area contributed by atoms with Crippen molar-refractivity contribution in [3.05, 3.63) is 0 Å². The van der Waals surface area contributed by atoms with E-state index in [1.165, 1.54) is 0 Å². The second-order valence-corrected chi connectivity index (χ2v) is 4.14. The van der Waals surface area contributed by atoms with Gasteiger partial charge in [0.25, 0.3) is 0 Å². The Labute approximate surface area is 70.7 Å². The quantitative estimate of drug-likeness (QED) is 0.605. The largest absolute Gasteiger partial charge is 0.481 e. The molecule has 4 nitrogen and oxygen atoms in total. The van der Waals surface area contributed by atoms with Gasteiger partial charge in [0.1, 0.15) is 0 Å². The molecule has 12 heavy (non-hydrogen) atoms. The third-order valence-corrected chi connectivity index (χ3v) is 3.10. The van der Waals surface area contributed by atoms with E-state index >= 15 is 0 Å². The van der Waals surface area contributed by atoms with Gasteiger partial charge in [0.15, 0.2) is 0 Å². The van der Waals surface area contributed by atoms with Crippen LogP contribution in [0.1, 0.15) is 12.8 Å². The number of carboxylic acids is 1. The van der Waals surface area contributed by atoms with Crippen molar-refractivity contribution in [1.29, 1.82) is 0 Å². The molecule has 0 radical (unpaired) electrons. The van der Waals surface area contributed by atoms with Gasteiger partial charge in [-0.05, 0) is 12.8 Å². The number of carbonyl (C=O) groups is 1. The van der Waals surface area contributed by atoms with E-state index < -0.39 is 11.4 Å². The first kappa shape index (κ1) is 8.01. The van der Waals surface area contributed by atoms with Crippen LogP contribution in [0, 0.1) is 10.8 Å². The summed E-state index contributed by atoms with van der Waals surface area (Å²) in [5.74, 6) is -0.730. The molecule has 2 heterocycles. The Morgan fingerprint density at radius 3 is 2.67 bits per heavy atom. The normalized spacial score (nSPS) is 45.1. The molecule has 3 aliphatic rings. The molecular formula is C8H13NO3. The Hall–Kier alpha value is -0.610. The molecule has 1 aliphatic carbocycles. The lowest BCUT2D eigenvalue weighted by Crippen LogP contribution is -2.62. The second-order valence-electron chi connectivity index (χ2n) is 4.14. The topological polar surface area (TPSA) is 72.5 Å². The van der Waals surface area contributed by atoms with Crippen LogP contribution in [0.15, 0.2) is 0 Å². The minimum atomic E-state index is -0.730. The SMILES string of the molecule is NCC12COCC(C(=O)O)(C1)C2. The Kier molecular flexibility index (Phi) is 1.47.